The average Bonchev–Trinajstić information content (AvgIpc) is 3.39. The Morgan fingerprint density at radius 3 is 1.90 bits per heavy atom. The van der Waals surface area contributed by atoms with Gasteiger partial charge in [0.15, 0.2) is 5.82 Å². The van der Waals surface area contributed by atoms with Crippen molar-refractivity contribution in [3.8, 4) is 56.2 Å². The first-order valence-corrected chi connectivity index (χ1v) is 16.8. The van der Waals surface area contributed by atoms with Crippen molar-refractivity contribution in [3.05, 3.63) is 163 Å². The van der Waals surface area contributed by atoms with Crippen molar-refractivity contribution in [2.75, 3.05) is 0 Å². The summed E-state index contributed by atoms with van der Waals surface area (Å²) in [4.78, 5) is 15.0. The van der Waals surface area contributed by atoms with Gasteiger partial charge in [0.1, 0.15) is 0 Å². The molecule has 0 saturated carbocycles. The molecule has 9 aromatic rings. The van der Waals surface area contributed by atoms with E-state index >= 15 is 0 Å². The summed E-state index contributed by atoms with van der Waals surface area (Å²) in [6.07, 6.45) is 3.71. The molecule has 0 saturated heterocycles. The Kier molecular flexibility index (Phi) is 5.92. The predicted octanol–water partition coefficient (Wildman–Crippen LogP) is 11.7. The van der Waals surface area contributed by atoms with Crippen molar-refractivity contribution in [2.45, 2.75) is 19.3 Å². The van der Waals surface area contributed by atoms with E-state index in [1.807, 2.05) is 12.3 Å². The highest BCUT2D eigenvalue weighted by Crippen LogP contribution is 2.49. The van der Waals surface area contributed by atoms with E-state index in [9.17, 15) is 0 Å². The second-order valence-corrected chi connectivity index (χ2v) is 13.7. The van der Waals surface area contributed by atoms with Gasteiger partial charge in [-0.1, -0.05) is 129 Å². The summed E-state index contributed by atoms with van der Waals surface area (Å²) >= 11 is 0. The average molecular weight is 626 g/mol. The molecule has 7 aromatic carbocycles. The van der Waals surface area contributed by atoms with Gasteiger partial charge in [0.25, 0.3) is 0 Å². The molecule has 1 aliphatic rings. The molecule has 3 nitrogen and oxygen atoms in total. The molecule has 49 heavy (non-hydrogen) atoms. The first-order valence-electron chi connectivity index (χ1n) is 16.8. The molecule has 0 N–H and O–H groups in total. The van der Waals surface area contributed by atoms with Gasteiger partial charge in [0.05, 0.1) is 11.4 Å². The number of fused-ring (bicyclic) bond motifs is 3. The summed E-state index contributed by atoms with van der Waals surface area (Å²) in [7, 11) is 0. The number of hydrogen-bond acceptors (Lipinski definition) is 3. The molecule has 2 heterocycles. The maximum Gasteiger partial charge on any atom is 0.161 e. The lowest BCUT2D eigenvalue weighted by molar-refractivity contribution is 0.660. The monoisotopic (exact) mass is 625 g/mol. The number of rotatable bonds is 4. The van der Waals surface area contributed by atoms with Crippen LogP contribution in [0.15, 0.2) is 152 Å². The van der Waals surface area contributed by atoms with Gasteiger partial charge in [-0.3, -0.25) is 4.98 Å². The summed E-state index contributed by atoms with van der Waals surface area (Å²) in [5.74, 6) is 0.727. The summed E-state index contributed by atoms with van der Waals surface area (Å²) in [6, 6.07) is 50.3. The second-order valence-electron chi connectivity index (χ2n) is 13.7. The first kappa shape index (κ1) is 27.9. The van der Waals surface area contributed by atoms with Gasteiger partial charge >= 0.3 is 0 Å². The van der Waals surface area contributed by atoms with Crippen LogP contribution in [-0.4, -0.2) is 15.0 Å². The Morgan fingerprint density at radius 1 is 0.449 bits per heavy atom. The molecule has 0 spiro atoms. The van der Waals surface area contributed by atoms with Gasteiger partial charge in [-0.2, -0.15) is 0 Å². The number of pyridine rings is 1. The summed E-state index contributed by atoms with van der Waals surface area (Å²) < 4.78 is 0. The molecule has 0 amide bonds. The molecule has 3 heteroatoms. The zero-order valence-corrected chi connectivity index (χ0v) is 27.3. The third-order valence-electron chi connectivity index (χ3n) is 10.6. The van der Waals surface area contributed by atoms with Crippen LogP contribution in [0.2, 0.25) is 0 Å². The van der Waals surface area contributed by atoms with Gasteiger partial charge in [-0.25, -0.2) is 9.97 Å². The minimum Gasteiger partial charge on any atom is -0.264 e. The summed E-state index contributed by atoms with van der Waals surface area (Å²) in [5.41, 5.74) is 12.4. The summed E-state index contributed by atoms with van der Waals surface area (Å²) in [5, 5.41) is 7.45. The number of benzene rings is 7. The highest BCUT2D eigenvalue weighted by atomic mass is 14.9. The normalized spacial score (nSPS) is 13.3. The van der Waals surface area contributed by atoms with E-state index < -0.39 is 0 Å². The van der Waals surface area contributed by atoms with E-state index in [0.29, 0.717) is 0 Å². The van der Waals surface area contributed by atoms with Crippen molar-refractivity contribution < 1.29 is 0 Å². The standard InChI is InChI=1S/C46H31N3/c1-46(2)39-11-4-3-10-35(39)36-21-20-33(25-40(36)46)42-26-41(29-14-12-28(13-15-29)34-9-6-24-47-27-34)48-45(49-42)38-23-19-32-17-16-30-7-5-8-31-18-22-37(38)44(32)43(30)31/h3-27H,1-2H3. The smallest absolute Gasteiger partial charge is 0.161 e. The highest BCUT2D eigenvalue weighted by Gasteiger charge is 2.35. The Bertz CT molecular complexity index is 2710. The van der Waals surface area contributed by atoms with Crippen LogP contribution in [0.5, 0.6) is 0 Å². The van der Waals surface area contributed by atoms with E-state index in [4.69, 9.17) is 9.97 Å². The quantitative estimate of drug-likeness (QED) is 0.183. The van der Waals surface area contributed by atoms with Crippen LogP contribution in [0.25, 0.3) is 88.5 Å². The van der Waals surface area contributed by atoms with E-state index in [1.54, 1.807) is 6.20 Å². The Hall–Kier alpha value is -6.19. The minimum atomic E-state index is -0.102. The molecule has 230 valence electrons. The van der Waals surface area contributed by atoms with Crippen LogP contribution in [0, 0.1) is 0 Å². The molecule has 0 aliphatic heterocycles. The Balaban J connectivity index is 1.18. The molecule has 2 aromatic heterocycles. The number of aromatic nitrogens is 3. The van der Waals surface area contributed by atoms with Crippen molar-refractivity contribution in [1.82, 2.24) is 15.0 Å². The summed E-state index contributed by atoms with van der Waals surface area (Å²) in [6.45, 7) is 4.65. The largest absolute Gasteiger partial charge is 0.264 e. The second kappa shape index (κ2) is 10.4. The van der Waals surface area contributed by atoms with Crippen LogP contribution >= 0.6 is 0 Å². The Labute approximate surface area is 284 Å². The van der Waals surface area contributed by atoms with Crippen LogP contribution in [0.1, 0.15) is 25.0 Å². The van der Waals surface area contributed by atoms with Crippen molar-refractivity contribution >= 4 is 32.3 Å². The van der Waals surface area contributed by atoms with Crippen molar-refractivity contribution in [3.63, 3.8) is 0 Å². The topological polar surface area (TPSA) is 38.7 Å². The number of hydrogen-bond donors (Lipinski definition) is 0. The van der Waals surface area contributed by atoms with E-state index in [0.717, 1.165) is 45.0 Å². The van der Waals surface area contributed by atoms with Gasteiger partial charge in [0, 0.05) is 34.5 Å². The van der Waals surface area contributed by atoms with Crippen LogP contribution < -0.4 is 0 Å². The molecular formula is C46H31N3. The van der Waals surface area contributed by atoms with Crippen LogP contribution in [-0.2, 0) is 5.41 Å². The van der Waals surface area contributed by atoms with Gasteiger partial charge in [-0.15, -0.1) is 0 Å². The lowest BCUT2D eigenvalue weighted by Gasteiger charge is -2.22. The zero-order chi connectivity index (χ0) is 32.7. The zero-order valence-electron chi connectivity index (χ0n) is 27.3. The minimum absolute atomic E-state index is 0.102. The number of nitrogens with zero attached hydrogens (tertiary/aromatic N) is 3. The SMILES string of the molecule is CC1(C)c2ccccc2-c2ccc(-c3cc(-c4ccc(-c5cccnc5)cc4)nc(-c4ccc5ccc6cccc7ccc4c5c67)n3)cc21. The van der Waals surface area contributed by atoms with Crippen LogP contribution in [0.3, 0.4) is 0 Å². The lowest BCUT2D eigenvalue weighted by atomic mass is 9.82. The first-order chi connectivity index (χ1) is 24.0. The molecule has 1 aliphatic carbocycles. The molecule has 0 bridgehead atoms. The van der Waals surface area contributed by atoms with Crippen molar-refractivity contribution in [2.24, 2.45) is 0 Å². The fourth-order valence-electron chi connectivity index (χ4n) is 8.02. The third kappa shape index (κ3) is 4.25. The van der Waals surface area contributed by atoms with E-state index in [1.165, 1.54) is 54.6 Å². The maximum absolute atomic E-state index is 5.35. The van der Waals surface area contributed by atoms with E-state index in [2.05, 4.69) is 152 Å². The lowest BCUT2D eigenvalue weighted by Crippen LogP contribution is -2.14. The molecule has 0 atom stereocenters. The van der Waals surface area contributed by atoms with Gasteiger partial charge in [0.2, 0.25) is 0 Å². The maximum atomic E-state index is 5.35. The van der Waals surface area contributed by atoms with Gasteiger partial charge < -0.3 is 0 Å². The van der Waals surface area contributed by atoms with Gasteiger partial charge in [-0.05, 0) is 90.0 Å². The fraction of sp³-hybridized carbons (Fsp3) is 0.0652. The molecule has 0 fully saturated rings. The fourth-order valence-corrected chi connectivity index (χ4v) is 8.02. The van der Waals surface area contributed by atoms with Crippen LogP contribution in [0.4, 0.5) is 0 Å². The van der Waals surface area contributed by atoms with E-state index in [-0.39, 0.29) is 5.41 Å². The van der Waals surface area contributed by atoms with Crippen molar-refractivity contribution in [1.29, 1.82) is 0 Å². The molecule has 10 rings (SSSR count). The molecule has 0 unspecified atom stereocenters. The third-order valence-corrected chi connectivity index (χ3v) is 10.6. The highest BCUT2D eigenvalue weighted by molar-refractivity contribution is 6.25. The molecular weight excluding hydrogens is 595 g/mol. The predicted molar refractivity (Wildman–Crippen MR) is 203 cm³/mol. The molecule has 0 radical (unpaired) electrons. The Morgan fingerprint density at radius 2 is 1.10 bits per heavy atom.